The number of hydrogen-bond donors (Lipinski definition) is 0. The van der Waals surface area contributed by atoms with Gasteiger partial charge in [0.05, 0.1) is 12.0 Å². The van der Waals surface area contributed by atoms with E-state index >= 15 is 0 Å². The Hall–Kier alpha value is -0.370. The molecule has 1 aliphatic carbocycles. The van der Waals surface area contributed by atoms with Gasteiger partial charge in [-0.05, 0) is 31.1 Å². The maximum absolute atomic E-state index is 12.6. The fraction of sp³-hybridized carbons (Fsp3) is 0.933. The molecule has 1 rings (SSSR count). The summed E-state index contributed by atoms with van der Waals surface area (Å²) in [6, 6.07) is 0. The molecule has 0 amide bonds. The van der Waals surface area contributed by atoms with E-state index in [2.05, 4.69) is 20.8 Å². The molecule has 0 N–H and O–H groups in total. The van der Waals surface area contributed by atoms with E-state index in [1.54, 1.807) is 7.11 Å². The van der Waals surface area contributed by atoms with Crippen LogP contribution < -0.4 is 0 Å². The van der Waals surface area contributed by atoms with Gasteiger partial charge in [0.25, 0.3) is 0 Å². The normalized spacial score (nSPS) is 32.9. The summed E-state index contributed by atoms with van der Waals surface area (Å²) in [6.45, 7) is 7.23. The molecule has 1 aliphatic rings. The quantitative estimate of drug-likeness (QED) is 0.632. The van der Waals surface area contributed by atoms with Gasteiger partial charge >= 0.3 is 0 Å². The zero-order valence-corrected chi connectivity index (χ0v) is 11.9. The third kappa shape index (κ3) is 2.90. The first-order valence-electron chi connectivity index (χ1n) is 7.11. The third-order valence-electron chi connectivity index (χ3n) is 4.70. The molecular weight excluding hydrogens is 212 g/mol. The van der Waals surface area contributed by atoms with Crippen LogP contribution in [0.3, 0.4) is 0 Å². The first kappa shape index (κ1) is 14.7. The third-order valence-corrected chi connectivity index (χ3v) is 4.70. The van der Waals surface area contributed by atoms with Crippen LogP contribution in [-0.4, -0.2) is 19.5 Å². The van der Waals surface area contributed by atoms with Gasteiger partial charge in [-0.25, -0.2) is 0 Å². The van der Waals surface area contributed by atoms with Crippen LogP contribution in [0.15, 0.2) is 0 Å². The largest absolute Gasteiger partial charge is 0.384 e. The van der Waals surface area contributed by atoms with E-state index in [-0.39, 0.29) is 5.41 Å². The van der Waals surface area contributed by atoms with Gasteiger partial charge in [-0.1, -0.05) is 33.6 Å². The Kier molecular flexibility index (Phi) is 5.64. The Labute approximate surface area is 106 Å². The Balaban J connectivity index is 2.73. The molecule has 0 aromatic heterocycles. The summed E-state index contributed by atoms with van der Waals surface area (Å²) in [5.74, 6) is 1.41. The van der Waals surface area contributed by atoms with Gasteiger partial charge in [-0.15, -0.1) is 0 Å². The number of ketones is 1. The maximum atomic E-state index is 12.6. The SMILES string of the molecule is CCCCCC(=O)C1(COC)C(C)CCC1C. The molecule has 0 radical (unpaired) electrons. The lowest BCUT2D eigenvalue weighted by Gasteiger charge is -2.35. The van der Waals surface area contributed by atoms with Crippen molar-refractivity contribution in [1.82, 2.24) is 0 Å². The molecule has 2 unspecified atom stereocenters. The van der Waals surface area contributed by atoms with Crippen molar-refractivity contribution in [2.75, 3.05) is 13.7 Å². The second-order valence-electron chi connectivity index (χ2n) is 5.73. The molecule has 2 heteroatoms. The summed E-state index contributed by atoms with van der Waals surface area (Å²) < 4.78 is 5.38. The van der Waals surface area contributed by atoms with E-state index in [0.717, 1.165) is 19.3 Å². The second kappa shape index (κ2) is 6.53. The van der Waals surface area contributed by atoms with Crippen LogP contribution in [-0.2, 0) is 9.53 Å². The van der Waals surface area contributed by atoms with Crippen molar-refractivity contribution in [3.05, 3.63) is 0 Å². The Morgan fingerprint density at radius 1 is 1.24 bits per heavy atom. The van der Waals surface area contributed by atoms with E-state index in [0.29, 0.717) is 24.2 Å². The fourth-order valence-corrected chi connectivity index (χ4v) is 3.42. The van der Waals surface area contributed by atoms with Crippen molar-refractivity contribution >= 4 is 5.78 Å². The number of rotatable bonds is 7. The zero-order valence-electron chi connectivity index (χ0n) is 11.9. The summed E-state index contributed by atoms with van der Waals surface area (Å²) in [5.41, 5.74) is -0.192. The number of carbonyl (C=O) groups excluding carboxylic acids is 1. The van der Waals surface area contributed by atoms with Gasteiger partial charge in [0, 0.05) is 13.5 Å². The average Bonchev–Trinajstić information content (AvgIpc) is 2.59. The first-order chi connectivity index (χ1) is 8.09. The molecule has 0 heterocycles. The standard InChI is InChI=1S/C15H28O2/c1-5-6-7-8-14(16)15(11-17-4)12(2)9-10-13(15)3/h12-13H,5-11H2,1-4H3. The Morgan fingerprint density at radius 3 is 2.29 bits per heavy atom. The minimum atomic E-state index is -0.192. The number of hydrogen-bond acceptors (Lipinski definition) is 2. The molecule has 0 aromatic carbocycles. The van der Waals surface area contributed by atoms with E-state index < -0.39 is 0 Å². The monoisotopic (exact) mass is 240 g/mol. The summed E-state index contributed by atoms with van der Waals surface area (Å²) in [5, 5.41) is 0. The lowest BCUT2D eigenvalue weighted by molar-refractivity contribution is -0.137. The van der Waals surface area contributed by atoms with E-state index in [1.807, 2.05) is 0 Å². The highest BCUT2D eigenvalue weighted by molar-refractivity contribution is 5.86. The molecule has 1 saturated carbocycles. The number of ether oxygens (including phenoxy) is 1. The van der Waals surface area contributed by atoms with Crippen molar-refractivity contribution in [1.29, 1.82) is 0 Å². The molecule has 0 aliphatic heterocycles. The number of unbranched alkanes of at least 4 members (excludes halogenated alkanes) is 2. The van der Waals surface area contributed by atoms with Gasteiger partial charge in [0.2, 0.25) is 0 Å². The van der Waals surface area contributed by atoms with Crippen molar-refractivity contribution in [2.45, 2.75) is 59.3 Å². The van der Waals surface area contributed by atoms with E-state index in [4.69, 9.17) is 4.74 Å². The minimum Gasteiger partial charge on any atom is -0.384 e. The lowest BCUT2D eigenvalue weighted by atomic mass is 9.69. The van der Waals surface area contributed by atoms with Crippen molar-refractivity contribution in [3.63, 3.8) is 0 Å². The fourth-order valence-electron chi connectivity index (χ4n) is 3.42. The van der Waals surface area contributed by atoms with Crippen LogP contribution in [0.5, 0.6) is 0 Å². The predicted octanol–water partition coefficient (Wildman–Crippen LogP) is 3.83. The van der Waals surface area contributed by atoms with Crippen molar-refractivity contribution in [2.24, 2.45) is 17.3 Å². The minimum absolute atomic E-state index is 0.192. The maximum Gasteiger partial charge on any atom is 0.141 e. The first-order valence-corrected chi connectivity index (χ1v) is 7.11. The number of carbonyl (C=O) groups is 1. The van der Waals surface area contributed by atoms with Gasteiger partial charge in [0.15, 0.2) is 0 Å². The van der Waals surface area contributed by atoms with Gasteiger partial charge in [0.1, 0.15) is 5.78 Å². The van der Waals surface area contributed by atoms with E-state index in [1.165, 1.54) is 19.3 Å². The molecule has 0 bridgehead atoms. The summed E-state index contributed by atoms with van der Waals surface area (Å²) in [4.78, 5) is 12.6. The van der Waals surface area contributed by atoms with Gasteiger partial charge < -0.3 is 4.74 Å². The summed E-state index contributed by atoms with van der Waals surface area (Å²) in [6.07, 6.45) is 6.47. The van der Waals surface area contributed by atoms with Crippen LogP contribution in [0.1, 0.15) is 59.3 Å². The lowest BCUT2D eigenvalue weighted by Crippen LogP contribution is -2.42. The highest BCUT2D eigenvalue weighted by Crippen LogP contribution is 2.49. The molecule has 0 saturated heterocycles. The topological polar surface area (TPSA) is 26.3 Å². The number of Topliss-reactive ketones (excluding diaryl/α,β-unsaturated/α-hetero) is 1. The molecule has 1 fully saturated rings. The van der Waals surface area contributed by atoms with Crippen LogP contribution in [0, 0.1) is 17.3 Å². The highest BCUT2D eigenvalue weighted by atomic mass is 16.5. The van der Waals surface area contributed by atoms with Gasteiger partial charge in [-0.3, -0.25) is 4.79 Å². The average molecular weight is 240 g/mol. The Bertz CT molecular complexity index is 237. The molecule has 2 atom stereocenters. The predicted molar refractivity (Wildman–Crippen MR) is 71.0 cm³/mol. The molecular formula is C15H28O2. The summed E-state index contributed by atoms with van der Waals surface area (Å²) >= 11 is 0. The van der Waals surface area contributed by atoms with Crippen molar-refractivity contribution in [3.8, 4) is 0 Å². The second-order valence-corrected chi connectivity index (χ2v) is 5.73. The molecule has 100 valence electrons. The van der Waals surface area contributed by atoms with Crippen LogP contribution >= 0.6 is 0 Å². The zero-order chi connectivity index (χ0) is 12.9. The smallest absolute Gasteiger partial charge is 0.141 e. The Morgan fingerprint density at radius 2 is 1.82 bits per heavy atom. The van der Waals surface area contributed by atoms with Crippen LogP contribution in [0.25, 0.3) is 0 Å². The van der Waals surface area contributed by atoms with Crippen molar-refractivity contribution < 1.29 is 9.53 Å². The van der Waals surface area contributed by atoms with Crippen LogP contribution in [0.2, 0.25) is 0 Å². The highest BCUT2D eigenvalue weighted by Gasteiger charge is 2.50. The molecule has 0 aromatic rings. The van der Waals surface area contributed by atoms with E-state index in [9.17, 15) is 4.79 Å². The van der Waals surface area contributed by atoms with Crippen LogP contribution in [0.4, 0.5) is 0 Å². The van der Waals surface area contributed by atoms with Gasteiger partial charge in [-0.2, -0.15) is 0 Å². The molecule has 2 nitrogen and oxygen atoms in total. The molecule has 17 heavy (non-hydrogen) atoms. The summed E-state index contributed by atoms with van der Waals surface area (Å²) in [7, 11) is 1.72. The number of methoxy groups -OCH3 is 1. The molecule has 0 spiro atoms.